The van der Waals surface area contributed by atoms with Crippen molar-refractivity contribution in [2.24, 2.45) is 4.99 Å². The molecule has 1 rings (SSSR count). The van der Waals surface area contributed by atoms with Crippen LogP contribution >= 0.6 is 11.6 Å². The lowest BCUT2D eigenvalue weighted by atomic mass is 10.1. The molecule has 0 unspecified atom stereocenters. The molecule has 0 fully saturated rings. The Balaban J connectivity index is 3.16. The fourth-order valence-corrected chi connectivity index (χ4v) is 1.92. The zero-order chi connectivity index (χ0) is 16.9. The van der Waals surface area contributed by atoms with E-state index in [-0.39, 0.29) is 11.9 Å². The number of aliphatic imine (C=N–C) groups is 1. The minimum Gasteiger partial charge on any atom is -0.297 e. The molecule has 1 aromatic carbocycles. The summed E-state index contributed by atoms with van der Waals surface area (Å²) in [4.78, 5) is 17.1. The molecular weight excluding hydrogens is 317 g/mol. The van der Waals surface area contributed by atoms with Crippen LogP contribution in [0.3, 0.4) is 0 Å². The van der Waals surface area contributed by atoms with Crippen LogP contribution in [0.25, 0.3) is 0 Å². The van der Waals surface area contributed by atoms with Gasteiger partial charge in [0.1, 0.15) is 5.84 Å². The number of carbonyl (C=O) groups excluding carboxylic acids is 1. The summed E-state index contributed by atoms with van der Waals surface area (Å²) in [5.41, 5.74) is 0.551. The molecule has 1 aromatic rings. The second-order valence-corrected chi connectivity index (χ2v) is 5.53. The van der Waals surface area contributed by atoms with Crippen LogP contribution in [0.2, 0.25) is 5.02 Å². The lowest BCUT2D eigenvalue weighted by Crippen LogP contribution is -2.39. The SMILES string of the molecule is CC(=O)N(CCC(F)(F)F)C(=NC(C)C)c1ccc(Cl)cc1. The van der Waals surface area contributed by atoms with Gasteiger partial charge >= 0.3 is 6.18 Å². The normalized spacial score (nSPS) is 12.6. The fourth-order valence-electron chi connectivity index (χ4n) is 1.79. The molecule has 0 aromatic heterocycles. The molecule has 7 heteroatoms. The average Bonchev–Trinajstić information content (AvgIpc) is 2.36. The minimum atomic E-state index is -4.34. The number of hydrogen-bond donors (Lipinski definition) is 0. The number of nitrogens with zero attached hydrogens (tertiary/aromatic N) is 2. The smallest absolute Gasteiger partial charge is 0.297 e. The van der Waals surface area contributed by atoms with Crippen LogP contribution in [-0.4, -0.2) is 35.4 Å². The molecule has 0 radical (unpaired) electrons. The summed E-state index contributed by atoms with van der Waals surface area (Å²) in [5.74, 6) is -0.262. The van der Waals surface area contributed by atoms with Gasteiger partial charge in [0.25, 0.3) is 0 Å². The van der Waals surface area contributed by atoms with Crippen molar-refractivity contribution in [3.63, 3.8) is 0 Å². The zero-order valence-corrected chi connectivity index (χ0v) is 13.4. The van der Waals surface area contributed by atoms with Crippen molar-refractivity contribution in [3.8, 4) is 0 Å². The average molecular weight is 335 g/mol. The quantitative estimate of drug-likeness (QED) is 0.597. The van der Waals surface area contributed by atoms with Gasteiger partial charge in [0.2, 0.25) is 5.91 Å². The Morgan fingerprint density at radius 2 is 1.82 bits per heavy atom. The van der Waals surface area contributed by atoms with Crippen molar-refractivity contribution >= 4 is 23.3 Å². The number of halogens is 4. The van der Waals surface area contributed by atoms with Crippen LogP contribution in [-0.2, 0) is 4.79 Å². The predicted molar refractivity (Wildman–Crippen MR) is 81.2 cm³/mol. The van der Waals surface area contributed by atoms with E-state index < -0.39 is 25.0 Å². The molecule has 0 aliphatic heterocycles. The van der Waals surface area contributed by atoms with E-state index in [1.807, 2.05) is 0 Å². The van der Waals surface area contributed by atoms with E-state index >= 15 is 0 Å². The maximum atomic E-state index is 12.5. The summed E-state index contributed by atoms with van der Waals surface area (Å²) in [6.07, 6.45) is -5.42. The molecule has 0 aliphatic carbocycles. The second kappa shape index (κ2) is 7.63. The van der Waals surface area contributed by atoms with Gasteiger partial charge in [-0.05, 0) is 38.1 Å². The van der Waals surface area contributed by atoms with Crippen molar-refractivity contribution in [2.45, 2.75) is 39.4 Å². The first-order chi connectivity index (χ1) is 10.1. The van der Waals surface area contributed by atoms with Crippen molar-refractivity contribution in [3.05, 3.63) is 34.9 Å². The van der Waals surface area contributed by atoms with Crippen molar-refractivity contribution < 1.29 is 18.0 Å². The van der Waals surface area contributed by atoms with Gasteiger partial charge in [-0.1, -0.05) is 11.6 Å². The van der Waals surface area contributed by atoms with Gasteiger partial charge in [-0.15, -0.1) is 0 Å². The summed E-state index contributed by atoms with van der Waals surface area (Å²) in [6.45, 7) is 4.34. The van der Waals surface area contributed by atoms with Crippen LogP contribution in [0.5, 0.6) is 0 Å². The number of hydrogen-bond acceptors (Lipinski definition) is 2. The molecule has 1 amide bonds. The third kappa shape index (κ3) is 6.05. The monoisotopic (exact) mass is 334 g/mol. The van der Waals surface area contributed by atoms with Gasteiger partial charge in [-0.3, -0.25) is 14.7 Å². The Labute approximate surface area is 132 Å². The van der Waals surface area contributed by atoms with Gasteiger partial charge in [-0.25, -0.2) is 0 Å². The highest BCUT2D eigenvalue weighted by Gasteiger charge is 2.30. The standard InChI is InChI=1S/C15H18ClF3N2O/c1-10(2)20-14(12-4-6-13(16)7-5-12)21(11(3)22)9-8-15(17,18)19/h4-7,10H,8-9H2,1-3H3. The third-order valence-electron chi connectivity index (χ3n) is 2.74. The second-order valence-electron chi connectivity index (χ2n) is 5.09. The number of benzene rings is 1. The van der Waals surface area contributed by atoms with Crippen LogP contribution < -0.4 is 0 Å². The Kier molecular flexibility index (Phi) is 6.41. The van der Waals surface area contributed by atoms with Gasteiger partial charge in [0.05, 0.1) is 6.42 Å². The van der Waals surface area contributed by atoms with Crippen molar-refractivity contribution in [1.82, 2.24) is 4.90 Å². The lowest BCUT2D eigenvalue weighted by molar-refractivity contribution is -0.140. The first-order valence-electron chi connectivity index (χ1n) is 6.78. The minimum absolute atomic E-state index is 0.168. The van der Waals surface area contributed by atoms with Crippen LogP contribution in [0.4, 0.5) is 13.2 Å². The molecular formula is C15H18ClF3N2O. The number of rotatable bonds is 4. The van der Waals surface area contributed by atoms with E-state index in [2.05, 4.69) is 4.99 Å². The number of amidine groups is 1. The van der Waals surface area contributed by atoms with Gasteiger partial charge in [-0.2, -0.15) is 13.2 Å². The Hall–Kier alpha value is -1.56. The molecule has 0 saturated heterocycles. The highest BCUT2D eigenvalue weighted by atomic mass is 35.5. The van der Waals surface area contributed by atoms with Crippen LogP contribution in [0.1, 0.15) is 32.8 Å². The number of alkyl halides is 3. The highest BCUT2D eigenvalue weighted by molar-refractivity contribution is 6.30. The largest absolute Gasteiger partial charge is 0.390 e. The molecule has 0 spiro atoms. The molecule has 122 valence electrons. The maximum absolute atomic E-state index is 12.5. The predicted octanol–water partition coefficient (Wildman–Crippen LogP) is 4.30. The topological polar surface area (TPSA) is 32.7 Å². The summed E-state index contributed by atoms with van der Waals surface area (Å²) in [5, 5.41) is 0.498. The van der Waals surface area contributed by atoms with E-state index in [0.717, 1.165) is 4.90 Å². The van der Waals surface area contributed by atoms with E-state index in [0.29, 0.717) is 10.6 Å². The molecule has 22 heavy (non-hydrogen) atoms. The summed E-state index contributed by atoms with van der Waals surface area (Å²) in [6, 6.07) is 6.31. The van der Waals surface area contributed by atoms with Gasteiger partial charge in [0.15, 0.2) is 0 Å². The third-order valence-corrected chi connectivity index (χ3v) is 2.99. The van der Waals surface area contributed by atoms with Gasteiger partial charge < -0.3 is 0 Å². The Morgan fingerprint density at radius 1 is 1.27 bits per heavy atom. The summed E-state index contributed by atoms with van der Waals surface area (Å²) < 4.78 is 37.4. The van der Waals surface area contributed by atoms with Gasteiger partial charge in [0, 0.05) is 30.1 Å². The van der Waals surface area contributed by atoms with E-state index in [1.54, 1.807) is 38.1 Å². The number of amides is 1. The number of carbonyl (C=O) groups is 1. The molecule has 0 atom stereocenters. The van der Waals surface area contributed by atoms with E-state index in [4.69, 9.17) is 11.6 Å². The first kappa shape index (κ1) is 18.5. The fraction of sp³-hybridized carbons (Fsp3) is 0.467. The molecule has 3 nitrogen and oxygen atoms in total. The maximum Gasteiger partial charge on any atom is 0.390 e. The van der Waals surface area contributed by atoms with E-state index in [9.17, 15) is 18.0 Å². The highest BCUT2D eigenvalue weighted by Crippen LogP contribution is 2.21. The van der Waals surface area contributed by atoms with E-state index in [1.165, 1.54) is 6.92 Å². The van der Waals surface area contributed by atoms with Crippen LogP contribution in [0.15, 0.2) is 29.3 Å². The molecule has 0 saturated carbocycles. The Morgan fingerprint density at radius 3 is 2.23 bits per heavy atom. The Bertz CT molecular complexity index is 539. The van der Waals surface area contributed by atoms with Crippen molar-refractivity contribution in [1.29, 1.82) is 0 Å². The van der Waals surface area contributed by atoms with Crippen LogP contribution in [0, 0.1) is 0 Å². The van der Waals surface area contributed by atoms with Crippen molar-refractivity contribution in [2.75, 3.05) is 6.54 Å². The molecule has 0 heterocycles. The zero-order valence-electron chi connectivity index (χ0n) is 12.6. The molecule has 0 N–H and O–H groups in total. The summed E-state index contributed by atoms with van der Waals surface area (Å²) in [7, 11) is 0. The lowest BCUT2D eigenvalue weighted by Gasteiger charge is -2.24. The molecule has 0 aliphatic rings. The molecule has 0 bridgehead atoms. The summed E-state index contributed by atoms with van der Waals surface area (Å²) >= 11 is 5.82. The first-order valence-corrected chi connectivity index (χ1v) is 7.16.